The van der Waals surface area contributed by atoms with Gasteiger partial charge in [0.2, 0.25) is 5.91 Å². The van der Waals surface area contributed by atoms with Gasteiger partial charge in [-0.2, -0.15) is 0 Å². The highest BCUT2D eigenvalue weighted by molar-refractivity contribution is 5.94. The van der Waals surface area contributed by atoms with Crippen LogP contribution in [0.25, 0.3) is 0 Å². The number of rotatable bonds is 0. The number of anilines is 1. The summed E-state index contributed by atoms with van der Waals surface area (Å²) in [6.45, 7) is 11.6. The summed E-state index contributed by atoms with van der Waals surface area (Å²) in [6.07, 6.45) is 3.43. The van der Waals surface area contributed by atoms with Crippen LogP contribution in [0.15, 0.2) is 6.07 Å². The SMILES string of the molecule is CC(=O)N1CCCc2cc3c(c(C)c21)CCN(C(=O)OC(C)(C)C)CC3. The maximum Gasteiger partial charge on any atom is 0.410 e. The van der Waals surface area contributed by atoms with Gasteiger partial charge in [0, 0.05) is 32.2 Å². The van der Waals surface area contributed by atoms with Gasteiger partial charge in [-0.1, -0.05) is 6.07 Å². The zero-order valence-corrected chi connectivity index (χ0v) is 16.6. The molecule has 0 fully saturated rings. The first-order chi connectivity index (χ1) is 12.2. The Bertz CT molecular complexity index is 734. The summed E-state index contributed by atoms with van der Waals surface area (Å²) in [5, 5.41) is 0. The molecule has 3 rings (SSSR count). The maximum atomic E-state index is 12.5. The molecule has 0 spiro atoms. The number of nitrogens with zero attached hydrogens (tertiary/aromatic N) is 2. The predicted molar refractivity (Wildman–Crippen MR) is 103 cm³/mol. The summed E-state index contributed by atoms with van der Waals surface area (Å²) in [4.78, 5) is 28.3. The van der Waals surface area contributed by atoms with Gasteiger partial charge in [-0.05, 0) is 75.6 Å². The number of carbonyl (C=O) groups is 2. The molecule has 0 unspecified atom stereocenters. The molecule has 0 N–H and O–H groups in total. The third kappa shape index (κ3) is 3.71. The van der Waals surface area contributed by atoms with E-state index in [0.717, 1.165) is 37.9 Å². The smallest absolute Gasteiger partial charge is 0.410 e. The number of ether oxygens (including phenoxy) is 1. The van der Waals surface area contributed by atoms with Gasteiger partial charge in [0.25, 0.3) is 0 Å². The minimum absolute atomic E-state index is 0.109. The molecule has 5 nitrogen and oxygen atoms in total. The minimum Gasteiger partial charge on any atom is -0.444 e. The second-order valence-electron chi connectivity index (χ2n) is 8.39. The van der Waals surface area contributed by atoms with E-state index >= 15 is 0 Å². The van der Waals surface area contributed by atoms with Crippen molar-refractivity contribution in [3.8, 4) is 0 Å². The number of amides is 2. The molecule has 1 aromatic rings. The summed E-state index contributed by atoms with van der Waals surface area (Å²) in [6, 6.07) is 2.27. The van der Waals surface area contributed by atoms with Gasteiger partial charge in [-0.3, -0.25) is 4.79 Å². The zero-order chi connectivity index (χ0) is 19.1. The van der Waals surface area contributed by atoms with Gasteiger partial charge in [0.15, 0.2) is 0 Å². The lowest BCUT2D eigenvalue weighted by molar-refractivity contribution is -0.116. The molecule has 5 heteroatoms. The van der Waals surface area contributed by atoms with Crippen LogP contribution >= 0.6 is 0 Å². The van der Waals surface area contributed by atoms with Crippen LogP contribution in [-0.2, 0) is 28.8 Å². The highest BCUT2D eigenvalue weighted by atomic mass is 16.6. The first kappa shape index (κ1) is 18.7. The van der Waals surface area contributed by atoms with Gasteiger partial charge in [0.05, 0.1) is 0 Å². The Hall–Kier alpha value is -2.04. The molecule has 0 saturated carbocycles. The Balaban J connectivity index is 1.88. The topological polar surface area (TPSA) is 49.9 Å². The van der Waals surface area contributed by atoms with Crippen molar-refractivity contribution in [2.45, 2.75) is 65.9 Å². The fourth-order valence-corrected chi connectivity index (χ4v) is 4.11. The molecule has 1 aromatic carbocycles. The Labute approximate surface area is 156 Å². The molecular formula is C21H30N2O3. The van der Waals surface area contributed by atoms with Crippen LogP contribution in [0, 0.1) is 6.92 Å². The van der Waals surface area contributed by atoms with E-state index in [1.807, 2.05) is 30.6 Å². The molecule has 2 aliphatic heterocycles. The van der Waals surface area contributed by atoms with E-state index in [-0.39, 0.29) is 12.0 Å². The number of fused-ring (bicyclic) bond motifs is 2. The third-order valence-corrected chi connectivity index (χ3v) is 5.26. The molecule has 2 heterocycles. The lowest BCUT2D eigenvalue weighted by Crippen LogP contribution is -2.38. The first-order valence-electron chi connectivity index (χ1n) is 9.57. The minimum atomic E-state index is -0.479. The van der Waals surface area contributed by atoms with Crippen LogP contribution in [0.5, 0.6) is 0 Å². The Morgan fingerprint density at radius 3 is 2.38 bits per heavy atom. The molecule has 0 atom stereocenters. The molecule has 2 amide bonds. The summed E-state index contributed by atoms with van der Waals surface area (Å²) in [7, 11) is 0. The molecule has 0 radical (unpaired) electrons. The normalized spacial score (nSPS) is 17.3. The van der Waals surface area contributed by atoms with Gasteiger partial charge in [0.1, 0.15) is 5.60 Å². The number of hydrogen-bond acceptors (Lipinski definition) is 3. The van der Waals surface area contributed by atoms with E-state index in [4.69, 9.17) is 4.74 Å². The fraction of sp³-hybridized carbons (Fsp3) is 0.619. The molecule has 2 aliphatic rings. The van der Waals surface area contributed by atoms with E-state index in [1.54, 1.807) is 6.92 Å². The van der Waals surface area contributed by atoms with Crippen LogP contribution in [0.3, 0.4) is 0 Å². The lowest BCUT2D eigenvalue weighted by atomic mass is 9.89. The van der Waals surface area contributed by atoms with Gasteiger partial charge >= 0.3 is 6.09 Å². The predicted octanol–water partition coefficient (Wildman–Crippen LogP) is 3.63. The maximum absolute atomic E-state index is 12.5. The van der Waals surface area contributed by atoms with Crippen molar-refractivity contribution in [2.24, 2.45) is 0 Å². The molecular weight excluding hydrogens is 328 g/mol. The second-order valence-corrected chi connectivity index (χ2v) is 8.39. The average molecular weight is 358 g/mol. The van der Waals surface area contributed by atoms with Crippen molar-refractivity contribution in [1.29, 1.82) is 0 Å². The Kier molecular flexibility index (Phi) is 5.00. The van der Waals surface area contributed by atoms with Crippen LogP contribution in [0.4, 0.5) is 10.5 Å². The summed E-state index contributed by atoms with van der Waals surface area (Å²) >= 11 is 0. The third-order valence-electron chi connectivity index (χ3n) is 5.26. The highest BCUT2D eigenvalue weighted by Gasteiger charge is 2.28. The summed E-state index contributed by atoms with van der Waals surface area (Å²) in [5.74, 6) is 0.109. The average Bonchev–Trinajstić information content (AvgIpc) is 2.75. The quantitative estimate of drug-likeness (QED) is 0.711. The molecule has 142 valence electrons. The number of carbonyl (C=O) groups excluding carboxylic acids is 2. The molecule has 0 aliphatic carbocycles. The van der Waals surface area contributed by atoms with E-state index in [1.165, 1.54) is 22.3 Å². The van der Waals surface area contributed by atoms with Crippen molar-refractivity contribution in [3.05, 3.63) is 28.3 Å². The largest absolute Gasteiger partial charge is 0.444 e. The van der Waals surface area contributed by atoms with Crippen LogP contribution in [0.1, 0.15) is 56.4 Å². The number of hydrogen-bond donors (Lipinski definition) is 0. The van der Waals surface area contributed by atoms with E-state index < -0.39 is 5.60 Å². The van der Waals surface area contributed by atoms with Crippen LogP contribution in [0.2, 0.25) is 0 Å². The fourth-order valence-electron chi connectivity index (χ4n) is 4.11. The molecule has 0 bridgehead atoms. The van der Waals surface area contributed by atoms with Gasteiger partial charge in [-0.15, -0.1) is 0 Å². The first-order valence-corrected chi connectivity index (χ1v) is 9.57. The van der Waals surface area contributed by atoms with Crippen molar-refractivity contribution >= 4 is 17.7 Å². The van der Waals surface area contributed by atoms with E-state index in [0.29, 0.717) is 13.1 Å². The summed E-state index contributed by atoms with van der Waals surface area (Å²) in [5.41, 5.74) is 5.72. The van der Waals surface area contributed by atoms with Crippen molar-refractivity contribution in [3.63, 3.8) is 0 Å². The molecule has 26 heavy (non-hydrogen) atoms. The lowest BCUT2D eigenvalue weighted by Gasteiger charge is -2.32. The highest BCUT2D eigenvalue weighted by Crippen LogP contribution is 2.36. The van der Waals surface area contributed by atoms with Gasteiger partial charge in [-0.25, -0.2) is 4.79 Å². The number of aryl methyl sites for hydroxylation is 1. The molecule has 0 aromatic heterocycles. The van der Waals surface area contributed by atoms with Crippen molar-refractivity contribution in [1.82, 2.24) is 4.90 Å². The van der Waals surface area contributed by atoms with Gasteiger partial charge < -0.3 is 14.5 Å². The standard InChI is InChI=1S/C21H30N2O3/c1-14-18-9-12-22(20(25)26-21(3,4)5)11-8-16(18)13-17-7-6-10-23(15(2)24)19(14)17/h13H,6-12H2,1-5H3. The van der Waals surface area contributed by atoms with Crippen LogP contribution < -0.4 is 4.90 Å². The summed E-state index contributed by atoms with van der Waals surface area (Å²) < 4.78 is 5.54. The van der Waals surface area contributed by atoms with Crippen LogP contribution in [-0.4, -0.2) is 42.1 Å². The zero-order valence-electron chi connectivity index (χ0n) is 16.6. The Morgan fingerprint density at radius 1 is 1.04 bits per heavy atom. The molecule has 0 saturated heterocycles. The monoisotopic (exact) mass is 358 g/mol. The van der Waals surface area contributed by atoms with E-state index in [2.05, 4.69) is 13.0 Å². The van der Waals surface area contributed by atoms with Crippen molar-refractivity contribution in [2.75, 3.05) is 24.5 Å². The second kappa shape index (κ2) is 6.93. The van der Waals surface area contributed by atoms with E-state index in [9.17, 15) is 9.59 Å². The van der Waals surface area contributed by atoms with Crippen molar-refractivity contribution < 1.29 is 14.3 Å². The number of benzene rings is 1. The Morgan fingerprint density at radius 2 is 1.73 bits per heavy atom.